The van der Waals surface area contributed by atoms with E-state index < -0.39 is 0 Å². The number of anilines is 2. The van der Waals surface area contributed by atoms with Gasteiger partial charge in [0.05, 0.1) is 24.3 Å². The molecule has 1 unspecified atom stereocenters. The Balaban J connectivity index is 1.22. The van der Waals surface area contributed by atoms with E-state index in [9.17, 15) is 4.39 Å². The van der Waals surface area contributed by atoms with Gasteiger partial charge in [0.15, 0.2) is 0 Å². The lowest BCUT2D eigenvalue weighted by atomic mass is 9.85. The molecular formula is C22H20FN7S. The van der Waals surface area contributed by atoms with Gasteiger partial charge in [0.1, 0.15) is 16.6 Å². The molecule has 4 aromatic rings. The molecule has 2 aliphatic rings. The van der Waals surface area contributed by atoms with Crippen LogP contribution in [-0.4, -0.2) is 37.8 Å². The summed E-state index contributed by atoms with van der Waals surface area (Å²) in [6, 6.07) is 9.04. The van der Waals surface area contributed by atoms with Gasteiger partial charge in [-0.05, 0) is 37.0 Å². The Morgan fingerprint density at radius 2 is 2.00 bits per heavy atom. The molecule has 1 saturated heterocycles. The summed E-state index contributed by atoms with van der Waals surface area (Å²) in [6.07, 6.45) is 7.26. The Morgan fingerprint density at radius 1 is 1.13 bits per heavy atom. The number of nitrogens with two attached hydrogens (primary N) is 1. The van der Waals surface area contributed by atoms with E-state index in [1.807, 2.05) is 30.7 Å². The third-order valence-electron chi connectivity index (χ3n) is 6.29. The molecule has 2 N–H and O–H groups in total. The van der Waals surface area contributed by atoms with Gasteiger partial charge in [0.25, 0.3) is 0 Å². The van der Waals surface area contributed by atoms with E-state index in [0.29, 0.717) is 11.7 Å². The molecule has 1 atom stereocenters. The quantitative estimate of drug-likeness (QED) is 0.526. The van der Waals surface area contributed by atoms with Crippen LogP contribution in [0.2, 0.25) is 0 Å². The Hall–Kier alpha value is -3.33. The van der Waals surface area contributed by atoms with Crippen LogP contribution in [0.5, 0.6) is 0 Å². The van der Waals surface area contributed by atoms with E-state index in [-0.39, 0.29) is 11.9 Å². The number of piperidine rings is 1. The highest BCUT2D eigenvalue weighted by atomic mass is 32.1. The standard InChI is InChI=1S/C22H20FN7S/c23-16-3-1-2-15-17-11-25-12-30(17)20(19(15)16)13-5-8-29(9-6-13)22-28-27-21(31-22)14-4-7-26-18(24)10-14/h1-4,7,10-13,20H,5-6,8-9H2,(H2,24,26). The largest absolute Gasteiger partial charge is 0.384 e. The minimum absolute atomic E-state index is 0.000579. The zero-order valence-corrected chi connectivity index (χ0v) is 17.5. The van der Waals surface area contributed by atoms with Crippen LogP contribution in [0.1, 0.15) is 24.4 Å². The molecule has 0 aliphatic carbocycles. The molecule has 5 heterocycles. The molecule has 156 valence electrons. The van der Waals surface area contributed by atoms with Gasteiger partial charge in [-0.25, -0.2) is 14.4 Å². The fourth-order valence-corrected chi connectivity index (χ4v) is 5.74. The number of hydrogen-bond donors (Lipinski definition) is 1. The van der Waals surface area contributed by atoms with Crippen molar-refractivity contribution in [2.75, 3.05) is 23.7 Å². The normalized spacial score (nSPS) is 18.2. The van der Waals surface area contributed by atoms with Gasteiger partial charge in [-0.1, -0.05) is 23.5 Å². The molecule has 0 radical (unpaired) electrons. The number of halogens is 1. The van der Waals surface area contributed by atoms with E-state index in [1.54, 1.807) is 29.7 Å². The zero-order valence-electron chi connectivity index (χ0n) is 16.6. The highest BCUT2D eigenvalue weighted by molar-refractivity contribution is 7.18. The number of hydrogen-bond acceptors (Lipinski definition) is 7. The molecule has 1 fully saturated rings. The first-order valence-corrected chi connectivity index (χ1v) is 11.1. The first-order valence-electron chi connectivity index (χ1n) is 10.3. The van der Waals surface area contributed by atoms with Crippen molar-refractivity contribution in [1.29, 1.82) is 0 Å². The van der Waals surface area contributed by atoms with Crippen LogP contribution in [0, 0.1) is 11.7 Å². The van der Waals surface area contributed by atoms with E-state index >= 15 is 0 Å². The summed E-state index contributed by atoms with van der Waals surface area (Å²) in [5.41, 5.74) is 9.51. The summed E-state index contributed by atoms with van der Waals surface area (Å²) in [5, 5.41) is 10.5. The highest BCUT2D eigenvalue weighted by Gasteiger charge is 2.38. The number of imidazole rings is 1. The van der Waals surface area contributed by atoms with E-state index in [0.717, 1.165) is 58.5 Å². The SMILES string of the molecule is Nc1cc(-c2nnc(N3CCC(C4c5c(F)cccc5-c5cncn54)CC3)s2)ccn1. The average Bonchev–Trinajstić information content (AvgIpc) is 3.51. The van der Waals surface area contributed by atoms with Gasteiger partial charge in [-0.3, -0.25) is 0 Å². The monoisotopic (exact) mass is 433 g/mol. The van der Waals surface area contributed by atoms with E-state index in [4.69, 9.17) is 5.73 Å². The fraction of sp³-hybridized carbons (Fsp3) is 0.273. The van der Waals surface area contributed by atoms with Gasteiger partial charge in [0, 0.05) is 36.0 Å². The van der Waals surface area contributed by atoms with Crippen LogP contribution in [0.25, 0.3) is 21.8 Å². The maximum absolute atomic E-state index is 14.8. The molecule has 7 nitrogen and oxygen atoms in total. The number of aromatic nitrogens is 5. The van der Waals surface area contributed by atoms with Crippen molar-refractivity contribution >= 4 is 22.3 Å². The first-order chi connectivity index (χ1) is 15.2. The van der Waals surface area contributed by atoms with Crippen LogP contribution in [0.15, 0.2) is 49.1 Å². The fourth-order valence-electron chi connectivity index (χ4n) is 4.85. The number of rotatable bonds is 3. The molecule has 2 aliphatic heterocycles. The van der Waals surface area contributed by atoms with Crippen LogP contribution in [0.4, 0.5) is 15.3 Å². The maximum Gasteiger partial charge on any atom is 0.208 e. The Labute approximate surface area is 182 Å². The molecule has 31 heavy (non-hydrogen) atoms. The first kappa shape index (κ1) is 18.4. The molecule has 0 spiro atoms. The van der Waals surface area contributed by atoms with Crippen molar-refractivity contribution in [3.63, 3.8) is 0 Å². The minimum atomic E-state index is -0.126. The smallest absolute Gasteiger partial charge is 0.208 e. The number of pyridine rings is 1. The average molecular weight is 434 g/mol. The summed E-state index contributed by atoms with van der Waals surface area (Å²) in [7, 11) is 0. The van der Waals surface area contributed by atoms with Crippen molar-refractivity contribution in [1.82, 2.24) is 24.7 Å². The summed E-state index contributed by atoms with van der Waals surface area (Å²) in [4.78, 5) is 10.6. The number of benzene rings is 1. The molecular weight excluding hydrogens is 413 g/mol. The summed E-state index contributed by atoms with van der Waals surface area (Å²) >= 11 is 1.56. The highest BCUT2D eigenvalue weighted by Crippen LogP contribution is 2.47. The van der Waals surface area contributed by atoms with Crippen molar-refractivity contribution < 1.29 is 4.39 Å². The van der Waals surface area contributed by atoms with E-state index in [1.165, 1.54) is 0 Å². The van der Waals surface area contributed by atoms with Gasteiger partial charge in [-0.2, -0.15) is 0 Å². The summed E-state index contributed by atoms with van der Waals surface area (Å²) in [5.74, 6) is 0.687. The van der Waals surface area contributed by atoms with Crippen LogP contribution in [0.3, 0.4) is 0 Å². The van der Waals surface area contributed by atoms with Gasteiger partial charge in [-0.15, -0.1) is 10.2 Å². The predicted octanol–water partition coefficient (Wildman–Crippen LogP) is 4.00. The van der Waals surface area contributed by atoms with E-state index in [2.05, 4.69) is 29.6 Å². The molecule has 9 heteroatoms. The van der Waals surface area contributed by atoms with Crippen molar-refractivity contribution in [3.8, 4) is 21.8 Å². The van der Waals surface area contributed by atoms with Crippen LogP contribution < -0.4 is 10.6 Å². The minimum Gasteiger partial charge on any atom is -0.384 e. The molecule has 0 amide bonds. The lowest BCUT2D eigenvalue weighted by Crippen LogP contribution is -2.36. The molecule has 0 saturated carbocycles. The summed E-state index contributed by atoms with van der Waals surface area (Å²) in [6.45, 7) is 1.73. The second-order valence-corrected chi connectivity index (χ2v) is 8.97. The maximum atomic E-state index is 14.8. The lowest BCUT2D eigenvalue weighted by molar-refractivity contribution is 0.311. The van der Waals surface area contributed by atoms with Crippen molar-refractivity contribution in [2.24, 2.45) is 5.92 Å². The van der Waals surface area contributed by atoms with Crippen LogP contribution in [-0.2, 0) is 0 Å². The number of fused-ring (bicyclic) bond motifs is 3. The van der Waals surface area contributed by atoms with Gasteiger partial charge >= 0.3 is 0 Å². The lowest BCUT2D eigenvalue weighted by Gasteiger charge is -2.35. The third-order valence-corrected chi connectivity index (χ3v) is 7.32. The molecule has 6 rings (SSSR count). The zero-order chi connectivity index (χ0) is 20.9. The molecule has 1 aromatic carbocycles. The molecule has 0 bridgehead atoms. The third kappa shape index (κ3) is 2.99. The Bertz CT molecular complexity index is 1260. The Kier molecular flexibility index (Phi) is 4.24. The van der Waals surface area contributed by atoms with Crippen molar-refractivity contribution in [2.45, 2.75) is 18.9 Å². The van der Waals surface area contributed by atoms with Crippen molar-refractivity contribution in [3.05, 3.63) is 60.4 Å². The predicted molar refractivity (Wildman–Crippen MR) is 118 cm³/mol. The Morgan fingerprint density at radius 3 is 2.84 bits per heavy atom. The van der Waals surface area contributed by atoms with Gasteiger partial charge < -0.3 is 15.2 Å². The summed E-state index contributed by atoms with van der Waals surface area (Å²) < 4.78 is 16.9. The number of nitrogens with zero attached hydrogens (tertiary/aromatic N) is 6. The molecule has 3 aromatic heterocycles. The topological polar surface area (TPSA) is 85.8 Å². The second-order valence-electron chi connectivity index (χ2n) is 8.02. The number of nitrogen functional groups attached to an aromatic ring is 1. The van der Waals surface area contributed by atoms with Crippen LogP contribution >= 0.6 is 11.3 Å². The second kappa shape index (κ2) is 7.12. The van der Waals surface area contributed by atoms with Gasteiger partial charge in [0.2, 0.25) is 5.13 Å².